The van der Waals surface area contributed by atoms with E-state index in [4.69, 9.17) is 5.73 Å². The summed E-state index contributed by atoms with van der Waals surface area (Å²) in [6.45, 7) is 7.11. The summed E-state index contributed by atoms with van der Waals surface area (Å²) >= 11 is 0. The first-order chi connectivity index (χ1) is 16.1. The van der Waals surface area contributed by atoms with Crippen molar-refractivity contribution in [1.29, 1.82) is 0 Å². The highest BCUT2D eigenvalue weighted by Crippen LogP contribution is 2.22. The number of nitrogens with two attached hydrogens (primary N) is 1. The van der Waals surface area contributed by atoms with E-state index >= 15 is 0 Å². The number of benzene rings is 2. The fraction of sp³-hybridized carbons (Fsp3) is 0.440. The highest BCUT2D eigenvalue weighted by molar-refractivity contribution is 5.80. The van der Waals surface area contributed by atoms with Crippen LogP contribution in [0, 0.1) is 12.7 Å². The molecule has 0 saturated heterocycles. The molecule has 33 heavy (non-hydrogen) atoms. The number of fused-ring (bicyclic) bond motifs is 1. The lowest BCUT2D eigenvalue weighted by Crippen LogP contribution is -2.33. The van der Waals surface area contributed by atoms with Gasteiger partial charge in [0.05, 0.1) is 10.9 Å². The summed E-state index contributed by atoms with van der Waals surface area (Å²) in [5, 5.41) is 7.08. The standard InChI is InChI=1S/C25H35FN6O/c1-19-8-2-3-9-21(19)24-31-23-11-10-20(26)18-22(23)25(33)32(24)30-17-7-16-29-14-5-4-13-28-15-6-12-27/h2-3,8-11,18,28-30H,4-7,12-17,27H2,1H3. The third kappa shape index (κ3) is 7.08. The Kier molecular flexibility index (Phi) is 9.80. The van der Waals surface area contributed by atoms with E-state index in [1.807, 2.05) is 31.2 Å². The minimum absolute atomic E-state index is 0.262. The third-order valence-electron chi connectivity index (χ3n) is 5.53. The number of rotatable bonds is 14. The molecule has 0 aliphatic carbocycles. The van der Waals surface area contributed by atoms with Crippen molar-refractivity contribution in [3.63, 3.8) is 0 Å². The molecule has 0 aliphatic heterocycles. The smallest absolute Gasteiger partial charge is 0.280 e. The maximum Gasteiger partial charge on any atom is 0.280 e. The van der Waals surface area contributed by atoms with Crippen molar-refractivity contribution < 1.29 is 4.39 Å². The van der Waals surface area contributed by atoms with Crippen LogP contribution >= 0.6 is 0 Å². The second-order valence-electron chi connectivity index (χ2n) is 8.16. The molecule has 0 aliphatic rings. The van der Waals surface area contributed by atoms with Gasteiger partial charge in [-0.3, -0.25) is 4.79 Å². The summed E-state index contributed by atoms with van der Waals surface area (Å²) in [5.41, 5.74) is 10.8. The lowest BCUT2D eigenvalue weighted by molar-refractivity contribution is 0.569. The van der Waals surface area contributed by atoms with Gasteiger partial charge in [0.1, 0.15) is 5.82 Å². The molecule has 0 unspecified atom stereocenters. The van der Waals surface area contributed by atoms with E-state index in [0.29, 0.717) is 17.9 Å². The lowest BCUT2D eigenvalue weighted by atomic mass is 10.1. The number of unbranched alkanes of at least 4 members (excludes halogenated alkanes) is 1. The zero-order chi connectivity index (χ0) is 23.5. The molecular formula is C25H35FN6O. The SMILES string of the molecule is Cc1ccccc1-c1nc2ccc(F)cc2c(=O)n1NCCCNCCCCNCCCN. The fourth-order valence-electron chi connectivity index (χ4n) is 3.69. The van der Waals surface area contributed by atoms with E-state index in [-0.39, 0.29) is 10.9 Å². The van der Waals surface area contributed by atoms with Crippen LogP contribution in [-0.4, -0.2) is 48.9 Å². The molecule has 2 aromatic carbocycles. The van der Waals surface area contributed by atoms with Crippen LogP contribution in [0.2, 0.25) is 0 Å². The molecule has 0 atom stereocenters. The van der Waals surface area contributed by atoms with Crippen molar-refractivity contribution in [3.05, 3.63) is 64.2 Å². The maximum atomic E-state index is 13.8. The summed E-state index contributed by atoms with van der Waals surface area (Å²) in [7, 11) is 0. The molecule has 0 spiro atoms. The predicted octanol–water partition coefficient (Wildman–Crippen LogP) is 2.75. The Labute approximate surface area is 194 Å². The zero-order valence-corrected chi connectivity index (χ0v) is 19.4. The Hall–Kier alpha value is -2.81. The minimum Gasteiger partial charge on any atom is -0.330 e. The van der Waals surface area contributed by atoms with Crippen molar-refractivity contribution in [3.8, 4) is 11.4 Å². The van der Waals surface area contributed by atoms with E-state index in [0.717, 1.165) is 69.5 Å². The molecule has 3 aromatic rings. The van der Waals surface area contributed by atoms with Crippen LogP contribution in [0.5, 0.6) is 0 Å². The summed E-state index contributed by atoms with van der Waals surface area (Å²) in [5.74, 6) is 0.0858. The molecule has 8 heteroatoms. The summed E-state index contributed by atoms with van der Waals surface area (Å²) in [6.07, 6.45) is 4.10. The van der Waals surface area contributed by atoms with E-state index in [1.54, 1.807) is 6.07 Å². The lowest BCUT2D eigenvalue weighted by Gasteiger charge is -2.17. The molecule has 0 fully saturated rings. The quantitative estimate of drug-likeness (QED) is 0.280. The van der Waals surface area contributed by atoms with E-state index in [1.165, 1.54) is 16.8 Å². The van der Waals surface area contributed by atoms with E-state index in [9.17, 15) is 9.18 Å². The second kappa shape index (κ2) is 13.0. The van der Waals surface area contributed by atoms with Gasteiger partial charge in [-0.25, -0.2) is 14.1 Å². The zero-order valence-electron chi connectivity index (χ0n) is 19.4. The Balaban J connectivity index is 1.58. The molecule has 3 rings (SSSR count). The predicted molar refractivity (Wildman–Crippen MR) is 134 cm³/mol. The van der Waals surface area contributed by atoms with Gasteiger partial charge >= 0.3 is 0 Å². The number of aryl methyl sites for hydroxylation is 1. The van der Waals surface area contributed by atoms with Gasteiger partial charge in [-0.15, -0.1) is 0 Å². The molecule has 0 amide bonds. The van der Waals surface area contributed by atoms with Crippen LogP contribution in [0.1, 0.15) is 31.2 Å². The molecular weight excluding hydrogens is 419 g/mol. The molecule has 178 valence electrons. The molecule has 1 heterocycles. The Morgan fingerprint density at radius 3 is 2.36 bits per heavy atom. The monoisotopic (exact) mass is 454 g/mol. The first-order valence-corrected chi connectivity index (χ1v) is 11.8. The first-order valence-electron chi connectivity index (χ1n) is 11.8. The number of hydrogen-bond acceptors (Lipinski definition) is 6. The number of nitrogens with one attached hydrogen (secondary N) is 3. The summed E-state index contributed by atoms with van der Waals surface area (Å²) in [4.78, 5) is 17.9. The average Bonchev–Trinajstić information content (AvgIpc) is 2.81. The Morgan fingerprint density at radius 1 is 0.939 bits per heavy atom. The molecule has 0 radical (unpaired) electrons. The van der Waals surface area contributed by atoms with Crippen molar-refractivity contribution in [2.24, 2.45) is 5.73 Å². The van der Waals surface area contributed by atoms with Crippen molar-refractivity contribution >= 4 is 10.9 Å². The molecule has 0 bridgehead atoms. The van der Waals surface area contributed by atoms with Crippen LogP contribution in [0.15, 0.2) is 47.3 Å². The van der Waals surface area contributed by atoms with E-state index in [2.05, 4.69) is 21.0 Å². The average molecular weight is 455 g/mol. The number of aromatic nitrogens is 2. The van der Waals surface area contributed by atoms with Gasteiger partial charge in [-0.1, -0.05) is 24.3 Å². The second-order valence-corrected chi connectivity index (χ2v) is 8.16. The number of halogens is 1. The fourth-order valence-corrected chi connectivity index (χ4v) is 3.69. The first kappa shape index (κ1) is 24.8. The maximum absolute atomic E-state index is 13.8. The van der Waals surface area contributed by atoms with Crippen LogP contribution < -0.4 is 27.4 Å². The van der Waals surface area contributed by atoms with Gasteiger partial charge in [0.2, 0.25) is 0 Å². The normalized spacial score (nSPS) is 11.2. The van der Waals surface area contributed by atoms with E-state index < -0.39 is 5.82 Å². The van der Waals surface area contributed by atoms with Crippen molar-refractivity contribution in [1.82, 2.24) is 20.3 Å². The number of hydrogen-bond donors (Lipinski definition) is 4. The Bertz CT molecular complexity index is 1080. The van der Waals surface area contributed by atoms with Crippen molar-refractivity contribution in [2.75, 3.05) is 44.7 Å². The summed E-state index contributed by atoms with van der Waals surface area (Å²) in [6, 6.07) is 11.9. The highest BCUT2D eigenvalue weighted by atomic mass is 19.1. The van der Waals surface area contributed by atoms with Gasteiger partial charge < -0.3 is 21.8 Å². The topological polar surface area (TPSA) is 97.0 Å². The van der Waals surface area contributed by atoms with Crippen LogP contribution in [0.25, 0.3) is 22.3 Å². The van der Waals surface area contributed by atoms with Crippen LogP contribution in [0.4, 0.5) is 4.39 Å². The van der Waals surface area contributed by atoms with Crippen molar-refractivity contribution in [2.45, 2.75) is 32.6 Å². The van der Waals surface area contributed by atoms with Gasteiger partial charge in [0, 0.05) is 12.1 Å². The largest absolute Gasteiger partial charge is 0.330 e. The number of nitrogens with zero attached hydrogens (tertiary/aromatic N) is 2. The summed E-state index contributed by atoms with van der Waals surface area (Å²) < 4.78 is 15.2. The highest BCUT2D eigenvalue weighted by Gasteiger charge is 2.14. The molecule has 7 nitrogen and oxygen atoms in total. The van der Waals surface area contributed by atoms with Gasteiger partial charge in [0.15, 0.2) is 5.82 Å². The molecule has 5 N–H and O–H groups in total. The molecule has 1 aromatic heterocycles. The van der Waals surface area contributed by atoms with Gasteiger partial charge in [-0.2, -0.15) is 0 Å². The molecule has 0 saturated carbocycles. The van der Waals surface area contributed by atoms with Crippen LogP contribution in [0.3, 0.4) is 0 Å². The van der Waals surface area contributed by atoms with Crippen LogP contribution in [-0.2, 0) is 0 Å². The minimum atomic E-state index is -0.449. The third-order valence-corrected chi connectivity index (χ3v) is 5.53. The Morgan fingerprint density at radius 2 is 1.64 bits per heavy atom. The van der Waals surface area contributed by atoms with Gasteiger partial charge in [-0.05, 0) is 89.1 Å². The van der Waals surface area contributed by atoms with Gasteiger partial charge in [0.25, 0.3) is 5.56 Å².